The molecule has 0 unspecified atom stereocenters. The van der Waals surface area contributed by atoms with Gasteiger partial charge >= 0.3 is 0 Å². The first-order valence-corrected chi connectivity index (χ1v) is 10.4. The molecule has 1 aliphatic rings. The molecular formula is C23H23N3O2S. The van der Waals surface area contributed by atoms with Crippen molar-refractivity contribution in [2.45, 2.75) is 19.6 Å². The number of nitrogens with zero attached hydrogens (tertiary/aromatic N) is 2. The van der Waals surface area contributed by atoms with Crippen molar-refractivity contribution in [1.82, 2.24) is 9.88 Å². The van der Waals surface area contributed by atoms with Crippen LogP contribution in [0.2, 0.25) is 0 Å². The van der Waals surface area contributed by atoms with Crippen LogP contribution in [0.5, 0.6) is 5.75 Å². The number of ether oxygens (including phenoxy) is 1. The van der Waals surface area contributed by atoms with Gasteiger partial charge in [-0.25, -0.2) is 4.98 Å². The Labute approximate surface area is 174 Å². The predicted octanol–water partition coefficient (Wildman–Crippen LogP) is 4.36. The van der Waals surface area contributed by atoms with Gasteiger partial charge in [-0.15, -0.1) is 11.3 Å². The average Bonchev–Trinajstić information content (AvgIpc) is 3.13. The van der Waals surface area contributed by atoms with Crippen molar-refractivity contribution in [2.24, 2.45) is 0 Å². The highest BCUT2D eigenvalue weighted by atomic mass is 32.1. The van der Waals surface area contributed by atoms with Gasteiger partial charge in [0.25, 0.3) is 0 Å². The summed E-state index contributed by atoms with van der Waals surface area (Å²) >= 11 is 1.56. The number of anilines is 1. The van der Waals surface area contributed by atoms with E-state index in [0.717, 1.165) is 42.1 Å². The summed E-state index contributed by atoms with van der Waals surface area (Å²) in [5, 5.41) is 3.54. The molecule has 0 saturated carbocycles. The first-order chi connectivity index (χ1) is 14.2. The van der Waals surface area contributed by atoms with E-state index in [2.05, 4.69) is 22.2 Å². The van der Waals surface area contributed by atoms with Crippen LogP contribution in [0.15, 0.2) is 60.7 Å². The number of hydrogen-bond acceptors (Lipinski definition) is 5. The van der Waals surface area contributed by atoms with E-state index in [1.165, 1.54) is 11.0 Å². The van der Waals surface area contributed by atoms with Crippen LogP contribution in [-0.2, 0) is 24.4 Å². The molecule has 148 valence electrons. The molecule has 0 aliphatic carbocycles. The second-order valence-electron chi connectivity index (χ2n) is 7.05. The first-order valence-electron chi connectivity index (χ1n) is 9.59. The highest BCUT2D eigenvalue weighted by molar-refractivity contribution is 7.15. The van der Waals surface area contributed by atoms with Crippen LogP contribution in [-0.4, -0.2) is 29.4 Å². The number of nitrogens with one attached hydrogen (secondary N) is 1. The summed E-state index contributed by atoms with van der Waals surface area (Å²) in [6.45, 7) is 2.42. The summed E-state index contributed by atoms with van der Waals surface area (Å²) in [6, 6.07) is 17.7. The number of carbonyl (C=O) groups is 1. The Balaban J connectivity index is 1.34. The summed E-state index contributed by atoms with van der Waals surface area (Å²) < 4.78 is 5.84. The molecule has 0 bridgehead atoms. The zero-order chi connectivity index (χ0) is 20.1. The molecule has 1 N–H and O–H groups in total. The predicted molar refractivity (Wildman–Crippen MR) is 117 cm³/mol. The Morgan fingerprint density at radius 2 is 2.10 bits per heavy atom. The van der Waals surface area contributed by atoms with Crippen molar-refractivity contribution >= 4 is 28.5 Å². The van der Waals surface area contributed by atoms with Crippen LogP contribution in [0.4, 0.5) is 5.13 Å². The van der Waals surface area contributed by atoms with Gasteiger partial charge in [-0.1, -0.05) is 42.5 Å². The maximum Gasteiger partial charge on any atom is 0.250 e. The minimum Gasteiger partial charge on any atom is -0.489 e. The second-order valence-corrected chi connectivity index (χ2v) is 8.13. The molecule has 4 rings (SSSR count). The molecule has 0 spiro atoms. The standard InChI is InChI=1S/C23H23N3O2S/c1-26-13-12-20-21(15-26)29-23(24-20)25-22(27)11-10-17-8-5-9-19(14-17)28-16-18-6-3-2-4-7-18/h2-11,14H,12-13,15-16H2,1H3,(H,24,25,27)/b11-10+. The smallest absolute Gasteiger partial charge is 0.250 e. The average molecular weight is 406 g/mol. The molecule has 6 heteroatoms. The molecule has 0 fully saturated rings. The van der Waals surface area contributed by atoms with Crippen molar-refractivity contribution in [2.75, 3.05) is 18.9 Å². The van der Waals surface area contributed by atoms with Crippen LogP contribution in [0.25, 0.3) is 6.08 Å². The van der Waals surface area contributed by atoms with Gasteiger partial charge < -0.3 is 9.64 Å². The van der Waals surface area contributed by atoms with Gasteiger partial charge in [0.1, 0.15) is 12.4 Å². The van der Waals surface area contributed by atoms with E-state index in [0.29, 0.717) is 11.7 Å². The molecule has 1 aromatic heterocycles. The van der Waals surface area contributed by atoms with E-state index < -0.39 is 0 Å². The van der Waals surface area contributed by atoms with Crippen LogP contribution in [0.1, 0.15) is 21.7 Å². The number of fused-ring (bicyclic) bond motifs is 1. The molecule has 0 saturated heterocycles. The van der Waals surface area contributed by atoms with E-state index in [-0.39, 0.29) is 5.91 Å². The first kappa shape index (κ1) is 19.4. The number of thiazole rings is 1. The molecule has 3 aromatic rings. The van der Waals surface area contributed by atoms with Crippen LogP contribution in [0, 0.1) is 0 Å². The minimum atomic E-state index is -0.181. The summed E-state index contributed by atoms with van der Waals surface area (Å²) in [5.41, 5.74) is 3.13. The van der Waals surface area contributed by atoms with Gasteiger partial charge in [-0.2, -0.15) is 0 Å². The summed E-state index contributed by atoms with van der Waals surface area (Å²) in [7, 11) is 2.10. The topological polar surface area (TPSA) is 54.5 Å². The number of aromatic nitrogens is 1. The third kappa shape index (κ3) is 5.31. The lowest BCUT2D eigenvalue weighted by molar-refractivity contribution is -0.111. The van der Waals surface area contributed by atoms with Crippen molar-refractivity contribution in [3.63, 3.8) is 0 Å². The van der Waals surface area contributed by atoms with E-state index >= 15 is 0 Å². The third-order valence-corrected chi connectivity index (χ3v) is 5.68. The normalized spacial score (nSPS) is 14.0. The lowest BCUT2D eigenvalue weighted by Gasteiger charge is -2.20. The van der Waals surface area contributed by atoms with E-state index in [9.17, 15) is 4.79 Å². The third-order valence-electron chi connectivity index (χ3n) is 4.69. The maximum atomic E-state index is 12.3. The monoisotopic (exact) mass is 405 g/mol. The van der Waals surface area contributed by atoms with E-state index in [4.69, 9.17) is 4.74 Å². The number of amides is 1. The zero-order valence-corrected chi connectivity index (χ0v) is 17.1. The SMILES string of the molecule is CN1CCc2nc(NC(=O)/C=C/c3cccc(OCc4ccccc4)c3)sc2C1. The Bertz CT molecular complexity index is 1010. The highest BCUT2D eigenvalue weighted by Gasteiger charge is 2.18. The van der Waals surface area contributed by atoms with Crippen molar-refractivity contribution in [1.29, 1.82) is 0 Å². The van der Waals surface area contributed by atoms with Crippen LogP contribution < -0.4 is 10.1 Å². The summed E-state index contributed by atoms with van der Waals surface area (Å²) in [5.74, 6) is 0.591. The van der Waals surface area contributed by atoms with Crippen LogP contribution in [0.3, 0.4) is 0 Å². The minimum absolute atomic E-state index is 0.181. The Morgan fingerprint density at radius 3 is 2.97 bits per heavy atom. The summed E-state index contributed by atoms with van der Waals surface area (Å²) in [4.78, 5) is 20.3. The maximum absolute atomic E-state index is 12.3. The molecule has 0 atom stereocenters. The van der Waals surface area contributed by atoms with Gasteiger partial charge in [0.05, 0.1) is 5.69 Å². The number of rotatable bonds is 6. The molecule has 5 nitrogen and oxygen atoms in total. The number of likely N-dealkylation sites (N-methyl/N-ethyl adjacent to an activating group) is 1. The quantitative estimate of drug-likeness (QED) is 0.619. The molecule has 1 aliphatic heterocycles. The number of carbonyl (C=O) groups excluding carboxylic acids is 1. The van der Waals surface area contributed by atoms with Crippen molar-refractivity contribution in [3.8, 4) is 5.75 Å². The molecule has 29 heavy (non-hydrogen) atoms. The molecule has 2 heterocycles. The van der Waals surface area contributed by atoms with E-state index in [1.54, 1.807) is 17.4 Å². The van der Waals surface area contributed by atoms with Gasteiger partial charge in [-0.3, -0.25) is 10.1 Å². The van der Waals surface area contributed by atoms with E-state index in [1.807, 2.05) is 54.6 Å². The van der Waals surface area contributed by atoms with Gasteiger partial charge in [-0.05, 0) is 36.4 Å². The second kappa shape index (κ2) is 9.03. The fourth-order valence-corrected chi connectivity index (χ4v) is 4.24. The van der Waals surface area contributed by atoms with Crippen molar-refractivity contribution in [3.05, 3.63) is 82.4 Å². The Morgan fingerprint density at radius 1 is 1.24 bits per heavy atom. The number of hydrogen-bond donors (Lipinski definition) is 1. The number of benzene rings is 2. The van der Waals surface area contributed by atoms with Gasteiger partial charge in [0.2, 0.25) is 5.91 Å². The van der Waals surface area contributed by atoms with Crippen LogP contribution >= 0.6 is 11.3 Å². The largest absolute Gasteiger partial charge is 0.489 e. The Hall–Kier alpha value is -2.96. The molecular weight excluding hydrogens is 382 g/mol. The van der Waals surface area contributed by atoms with Gasteiger partial charge in [0, 0.05) is 30.5 Å². The highest BCUT2D eigenvalue weighted by Crippen LogP contribution is 2.27. The lowest BCUT2D eigenvalue weighted by atomic mass is 10.2. The Kier molecular flexibility index (Phi) is 6.03. The fraction of sp³-hybridized carbons (Fsp3) is 0.217. The molecule has 0 radical (unpaired) electrons. The van der Waals surface area contributed by atoms with Crippen molar-refractivity contribution < 1.29 is 9.53 Å². The van der Waals surface area contributed by atoms with Gasteiger partial charge in [0.15, 0.2) is 5.13 Å². The molecule has 2 aromatic carbocycles. The fourth-order valence-electron chi connectivity index (χ4n) is 3.14. The zero-order valence-electron chi connectivity index (χ0n) is 16.3. The summed E-state index contributed by atoms with van der Waals surface area (Å²) in [6.07, 6.45) is 4.25. The lowest BCUT2D eigenvalue weighted by Crippen LogP contribution is -2.25. The molecule has 1 amide bonds.